The number of β-lactam (4-membered cyclic amide) rings is 1. The third-order valence-corrected chi connectivity index (χ3v) is 7.57. The lowest BCUT2D eigenvalue weighted by molar-refractivity contribution is -0.153. The molecule has 0 aromatic heterocycles. The van der Waals surface area contributed by atoms with E-state index < -0.39 is 29.3 Å². The first kappa shape index (κ1) is 27.3. The van der Waals surface area contributed by atoms with Crippen molar-refractivity contribution in [1.29, 1.82) is 0 Å². The van der Waals surface area contributed by atoms with Gasteiger partial charge in [0.05, 0.1) is 13.5 Å². The maximum Gasteiger partial charge on any atom is 0.355 e. The maximum absolute atomic E-state index is 13.3. The number of thioether (sulfide) groups is 1. The van der Waals surface area contributed by atoms with Gasteiger partial charge in [-0.3, -0.25) is 19.3 Å². The van der Waals surface area contributed by atoms with Crippen LogP contribution in [0.1, 0.15) is 18.1 Å². The highest BCUT2D eigenvalue weighted by Crippen LogP contribution is 2.47. The van der Waals surface area contributed by atoms with Crippen LogP contribution in [-0.4, -0.2) is 53.8 Å². The van der Waals surface area contributed by atoms with Crippen molar-refractivity contribution in [1.82, 2.24) is 10.2 Å². The number of esters is 2. The molecule has 1 saturated heterocycles. The van der Waals surface area contributed by atoms with Crippen LogP contribution in [0.15, 0.2) is 76.3 Å². The van der Waals surface area contributed by atoms with E-state index in [0.29, 0.717) is 16.2 Å². The van der Waals surface area contributed by atoms with Crippen molar-refractivity contribution in [3.63, 3.8) is 0 Å². The summed E-state index contributed by atoms with van der Waals surface area (Å²) in [6.45, 7) is 0.887. The number of hydrogen-bond donors (Lipinski definition) is 1. The van der Waals surface area contributed by atoms with Crippen molar-refractivity contribution < 1.29 is 33.4 Å². The maximum atomic E-state index is 13.3. The molecule has 9 nitrogen and oxygen atoms in total. The number of nitrogens with one attached hydrogen (secondary N) is 1. The average Bonchev–Trinajstić information content (AvgIpc) is 2.93. The molecule has 0 aliphatic carbocycles. The monoisotopic (exact) mass is 556 g/mol. The fraction of sp³-hybridized carbons (Fsp3) is 0.259. The topological polar surface area (TPSA) is 111 Å². The van der Waals surface area contributed by atoms with Gasteiger partial charge in [0.2, 0.25) is 5.91 Å². The summed E-state index contributed by atoms with van der Waals surface area (Å²) in [5, 5.41) is 2.13. The van der Waals surface area contributed by atoms with Crippen LogP contribution in [0.5, 0.6) is 5.75 Å². The lowest BCUT2D eigenvalue weighted by Gasteiger charge is -2.50. The van der Waals surface area contributed by atoms with E-state index in [-0.39, 0.29) is 36.8 Å². The summed E-state index contributed by atoms with van der Waals surface area (Å²) < 4.78 is 15.8. The third-order valence-electron chi connectivity index (χ3n) is 5.88. The second-order valence-electron chi connectivity index (χ2n) is 8.43. The molecule has 2 aliphatic rings. The molecule has 198 valence electrons. The minimum atomic E-state index is -0.873. The minimum Gasteiger partial charge on any atom is -0.497 e. The van der Waals surface area contributed by atoms with Gasteiger partial charge in [-0.2, -0.15) is 0 Å². The molecule has 0 saturated carbocycles. The van der Waals surface area contributed by atoms with Gasteiger partial charge in [-0.1, -0.05) is 65.8 Å². The highest BCUT2D eigenvalue weighted by Gasteiger charge is 2.55. The fourth-order valence-corrected chi connectivity index (χ4v) is 5.52. The Balaban J connectivity index is 1.55. The number of fused-ring (bicyclic) bond motifs is 1. The van der Waals surface area contributed by atoms with Gasteiger partial charge in [0, 0.05) is 22.9 Å². The normalized spacial score (nSPS) is 19.4. The Kier molecular flexibility index (Phi) is 8.75. The Morgan fingerprint density at radius 3 is 2.37 bits per heavy atom. The lowest BCUT2D eigenvalue weighted by atomic mass is 10.0. The second kappa shape index (κ2) is 12.2. The van der Waals surface area contributed by atoms with E-state index >= 15 is 0 Å². The van der Waals surface area contributed by atoms with Crippen LogP contribution in [0, 0.1) is 0 Å². The smallest absolute Gasteiger partial charge is 0.355 e. The van der Waals surface area contributed by atoms with Crippen LogP contribution >= 0.6 is 23.4 Å². The van der Waals surface area contributed by atoms with Gasteiger partial charge >= 0.3 is 11.9 Å². The minimum absolute atomic E-state index is 0.0653. The van der Waals surface area contributed by atoms with E-state index in [1.165, 1.54) is 29.1 Å². The SMILES string of the molecule is COc1ccc(COC(=O)C2=C(COC(C)=O)C(=CCl)S[C@@H]3C(NC(=O)Cc4ccccc4)C(=O)N23)cc1. The predicted octanol–water partition coefficient (Wildman–Crippen LogP) is 3.28. The van der Waals surface area contributed by atoms with E-state index in [2.05, 4.69) is 5.32 Å². The summed E-state index contributed by atoms with van der Waals surface area (Å²) in [5.74, 6) is -1.50. The molecule has 1 fully saturated rings. The van der Waals surface area contributed by atoms with Gasteiger partial charge in [0.15, 0.2) is 0 Å². The Morgan fingerprint density at radius 1 is 1.03 bits per heavy atom. The average molecular weight is 557 g/mol. The lowest BCUT2D eigenvalue weighted by Crippen LogP contribution is -2.70. The van der Waals surface area contributed by atoms with Gasteiger partial charge in [0.25, 0.3) is 5.91 Å². The zero-order chi connectivity index (χ0) is 27.2. The van der Waals surface area contributed by atoms with E-state index in [1.807, 2.05) is 30.3 Å². The van der Waals surface area contributed by atoms with Gasteiger partial charge in [0.1, 0.15) is 36.1 Å². The van der Waals surface area contributed by atoms with E-state index in [4.69, 9.17) is 25.8 Å². The molecule has 2 heterocycles. The Morgan fingerprint density at radius 2 is 1.74 bits per heavy atom. The number of halogens is 1. The Labute approximate surface area is 228 Å². The molecule has 1 N–H and O–H groups in total. The van der Waals surface area contributed by atoms with Crippen LogP contribution in [0.25, 0.3) is 0 Å². The number of hydrogen-bond acceptors (Lipinski definition) is 8. The van der Waals surface area contributed by atoms with Gasteiger partial charge < -0.3 is 19.5 Å². The molecule has 2 aliphatic heterocycles. The summed E-state index contributed by atoms with van der Waals surface area (Å²) in [6.07, 6.45) is 0.102. The van der Waals surface area contributed by atoms with Crippen LogP contribution in [-0.2, 0) is 41.7 Å². The molecule has 11 heteroatoms. The molecule has 2 aromatic carbocycles. The largest absolute Gasteiger partial charge is 0.497 e. The highest BCUT2D eigenvalue weighted by molar-refractivity contribution is 8.04. The van der Waals surface area contributed by atoms with Crippen molar-refractivity contribution in [2.75, 3.05) is 13.7 Å². The molecule has 38 heavy (non-hydrogen) atoms. The van der Waals surface area contributed by atoms with Crippen LogP contribution in [0.4, 0.5) is 0 Å². The summed E-state index contributed by atoms with van der Waals surface area (Å²) in [5.41, 5.74) is 2.94. The quantitative estimate of drug-likeness (QED) is 0.370. The van der Waals surface area contributed by atoms with Crippen molar-refractivity contribution in [2.45, 2.75) is 31.4 Å². The van der Waals surface area contributed by atoms with Gasteiger partial charge in [-0.25, -0.2) is 4.79 Å². The zero-order valence-electron chi connectivity index (χ0n) is 20.6. The van der Waals surface area contributed by atoms with Crippen LogP contribution in [0.2, 0.25) is 0 Å². The number of rotatable bonds is 9. The number of nitrogens with zero attached hydrogens (tertiary/aromatic N) is 1. The highest BCUT2D eigenvalue weighted by atomic mass is 35.5. The number of benzene rings is 2. The number of amides is 2. The first-order valence-corrected chi connectivity index (χ1v) is 12.9. The van der Waals surface area contributed by atoms with E-state index in [1.54, 1.807) is 31.4 Å². The molecule has 0 spiro atoms. The molecule has 0 bridgehead atoms. The molecule has 1 unspecified atom stereocenters. The van der Waals surface area contributed by atoms with Crippen LogP contribution < -0.4 is 10.1 Å². The van der Waals surface area contributed by atoms with Crippen LogP contribution in [0.3, 0.4) is 0 Å². The molecular formula is C27H25ClN2O7S. The molecular weight excluding hydrogens is 532 g/mol. The fourth-order valence-electron chi connectivity index (χ4n) is 3.99. The molecule has 0 radical (unpaired) electrons. The zero-order valence-corrected chi connectivity index (χ0v) is 22.2. The number of carbonyl (C=O) groups is 4. The first-order chi connectivity index (χ1) is 18.3. The number of ether oxygens (including phenoxy) is 3. The van der Waals surface area contributed by atoms with E-state index in [0.717, 1.165) is 5.56 Å². The van der Waals surface area contributed by atoms with E-state index in [9.17, 15) is 19.2 Å². The van der Waals surface area contributed by atoms with Crippen molar-refractivity contribution in [3.8, 4) is 5.75 Å². The second-order valence-corrected chi connectivity index (χ2v) is 9.81. The number of methoxy groups -OCH3 is 1. The predicted molar refractivity (Wildman–Crippen MR) is 141 cm³/mol. The standard InChI is InChI=1S/C27H25ClN2O7S/c1-16(31)36-15-20-21(13-28)38-26-23(29-22(32)12-17-6-4-3-5-7-17)25(33)30(26)24(20)27(34)37-14-18-8-10-19(35-2)11-9-18/h3-11,13,23,26H,12,14-15H2,1-2H3,(H,29,32)/t23?,26-/m1/s1. The Hall–Kier alpha value is -3.76. The summed E-state index contributed by atoms with van der Waals surface area (Å²) in [6, 6.07) is 15.2. The summed E-state index contributed by atoms with van der Waals surface area (Å²) >= 11 is 7.27. The van der Waals surface area contributed by atoms with Crippen molar-refractivity contribution >= 4 is 47.1 Å². The molecule has 2 atom stereocenters. The summed E-state index contributed by atoms with van der Waals surface area (Å²) in [7, 11) is 1.55. The Bertz CT molecular complexity index is 1290. The molecule has 2 aromatic rings. The summed E-state index contributed by atoms with van der Waals surface area (Å²) in [4.78, 5) is 52.4. The molecule has 4 rings (SSSR count). The first-order valence-electron chi connectivity index (χ1n) is 11.6. The third kappa shape index (κ3) is 6.03. The molecule has 2 amide bonds. The van der Waals surface area contributed by atoms with Crippen molar-refractivity contribution in [3.05, 3.63) is 87.4 Å². The van der Waals surface area contributed by atoms with Gasteiger partial charge in [-0.05, 0) is 23.3 Å². The number of carbonyl (C=O) groups excluding carboxylic acids is 4. The van der Waals surface area contributed by atoms with Crippen molar-refractivity contribution in [2.24, 2.45) is 0 Å². The van der Waals surface area contributed by atoms with Gasteiger partial charge in [-0.15, -0.1) is 0 Å².